The number of fused-ring (bicyclic) bond motifs is 5. The van der Waals surface area contributed by atoms with Crippen LogP contribution in [0.1, 0.15) is 21.5 Å². The Morgan fingerprint density at radius 3 is 2.47 bits per heavy atom. The first-order chi connectivity index (χ1) is 18.5. The number of azo groups is 1. The number of aromatic hydroxyl groups is 1. The van der Waals surface area contributed by atoms with Gasteiger partial charge >= 0.3 is 0 Å². The normalized spacial score (nSPS) is 11.6. The maximum absolute atomic E-state index is 13.5. The van der Waals surface area contributed by atoms with Gasteiger partial charge in [0.05, 0.1) is 23.9 Å². The molecule has 0 unspecified atom stereocenters. The summed E-state index contributed by atoms with van der Waals surface area (Å²) < 4.78 is 5.29. The summed E-state index contributed by atoms with van der Waals surface area (Å²) in [5.41, 5.74) is 4.76. The fourth-order valence-electron chi connectivity index (χ4n) is 4.95. The van der Waals surface area contributed by atoms with Gasteiger partial charge in [-0.3, -0.25) is 4.79 Å². The second-order valence-electron chi connectivity index (χ2n) is 9.31. The Bertz CT molecular complexity index is 1870. The van der Waals surface area contributed by atoms with E-state index >= 15 is 0 Å². The van der Waals surface area contributed by atoms with Crippen LogP contribution in [0.3, 0.4) is 0 Å². The first kappa shape index (κ1) is 23.4. The molecule has 6 nitrogen and oxygen atoms in total. The molecule has 0 radical (unpaired) electrons. The number of aromatic nitrogens is 1. The van der Waals surface area contributed by atoms with E-state index in [-0.39, 0.29) is 29.2 Å². The van der Waals surface area contributed by atoms with Crippen LogP contribution < -0.4 is 4.74 Å². The summed E-state index contributed by atoms with van der Waals surface area (Å²) >= 11 is 0. The smallest absolute Gasteiger partial charge is 0.171 e. The average molecular weight is 500 g/mol. The SMILES string of the molecule is COc1ccc(CC(=O)c2cc3ccc4c5ccccc5[nH]c4c3c(N=Nc3ccccc3)c2O)c(C)c1. The van der Waals surface area contributed by atoms with Crippen LogP contribution in [0.5, 0.6) is 11.5 Å². The molecule has 0 fully saturated rings. The summed E-state index contributed by atoms with van der Waals surface area (Å²) in [5, 5.41) is 24.0. The van der Waals surface area contributed by atoms with Gasteiger partial charge in [0.2, 0.25) is 0 Å². The number of hydrogen-bond acceptors (Lipinski definition) is 5. The maximum atomic E-state index is 13.5. The minimum atomic E-state index is -0.203. The second-order valence-corrected chi connectivity index (χ2v) is 9.31. The first-order valence-electron chi connectivity index (χ1n) is 12.4. The molecule has 5 aromatic carbocycles. The number of phenolic OH excluding ortho intramolecular Hbond substituents is 1. The van der Waals surface area contributed by atoms with Gasteiger partial charge in [0.25, 0.3) is 0 Å². The zero-order valence-corrected chi connectivity index (χ0v) is 21.0. The third kappa shape index (κ3) is 4.06. The molecule has 0 aliphatic rings. The van der Waals surface area contributed by atoms with E-state index in [9.17, 15) is 9.90 Å². The number of para-hydroxylation sites is 1. The Balaban J connectivity index is 1.55. The quantitative estimate of drug-likeness (QED) is 0.178. The molecular formula is C32H25N3O3. The van der Waals surface area contributed by atoms with Crippen molar-refractivity contribution in [3.8, 4) is 11.5 Å². The molecule has 0 spiro atoms. The lowest BCUT2D eigenvalue weighted by molar-refractivity contribution is 0.0990. The van der Waals surface area contributed by atoms with Crippen molar-refractivity contribution in [1.29, 1.82) is 0 Å². The molecule has 0 amide bonds. The van der Waals surface area contributed by atoms with Crippen LogP contribution in [0.15, 0.2) is 101 Å². The van der Waals surface area contributed by atoms with E-state index in [0.717, 1.165) is 44.1 Å². The number of carbonyl (C=O) groups is 1. The van der Waals surface area contributed by atoms with E-state index in [4.69, 9.17) is 4.74 Å². The lowest BCUT2D eigenvalue weighted by Crippen LogP contribution is -2.06. The van der Waals surface area contributed by atoms with Crippen molar-refractivity contribution >= 4 is 49.7 Å². The van der Waals surface area contributed by atoms with Crippen molar-refractivity contribution in [1.82, 2.24) is 4.98 Å². The predicted molar refractivity (Wildman–Crippen MR) is 151 cm³/mol. The van der Waals surface area contributed by atoms with Gasteiger partial charge < -0.3 is 14.8 Å². The van der Waals surface area contributed by atoms with Crippen molar-refractivity contribution in [2.75, 3.05) is 7.11 Å². The van der Waals surface area contributed by atoms with Crippen LogP contribution in [-0.2, 0) is 6.42 Å². The molecular weight excluding hydrogens is 474 g/mol. The first-order valence-corrected chi connectivity index (χ1v) is 12.4. The largest absolute Gasteiger partial charge is 0.505 e. The number of carbonyl (C=O) groups excluding carboxylic acids is 1. The molecule has 38 heavy (non-hydrogen) atoms. The zero-order chi connectivity index (χ0) is 26.2. The summed E-state index contributed by atoms with van der Waals surface area (Å²) in [6.45, 7) is 1.94. The minimum Gasteiger partial charge on any atom is -0.505 e. The lowest BCUT2D eigenvalue weighted by Gasteiger charge is -2.12. The third-order valence-electron chi connectivity index (χ3n) is 6.95. The number of nitrogens with one attached hydrogen (secondary N) is 1. The van der Waals surface area contributed by atoms with Crippen molar-refractivity contribution < 1.29 is 14.6 Å². The Kier molecular flexibility index (Phi) is 5.85. The van der Waals surface area contributed by atoms with Crippen molar-refractivity contribution in [3.63, 3.8) is 0 Å². The van der Waals surface area contributed by atoms with Crippen LogP contribution in [0.25, 0.3) is 32.6 Å². The molecule has 186 valence electrons. The third-order valence-corrected chi connectivity index (χ3v) is 6.95. The van der Waals surface area contributed by atoms with E-state index in [1.807, 2.05) is 85.8 Å². The number of benzene rings is 5. The van der Waals surface area contributed by atoms with Gasteiger partial charge in [-0.1, -0.05) is 54.6 Å². The summed E-state index contributed by atoms with van der Waals surface area (Å²) in [6.07, 6.45) is 0.138. The van der Waals surface area contributed by atoms with Gasteiger partial charge in [-0.2, -0.15) is 5.11 Å². The fraction of sp³-hybridized carbons (Fsp3) is 0.0938. The number of H-pyrrole nitrogens is 1. The monoisotopic (exact) mass is 499 g/mol. The molecule has 6 aromatic rings. The van der Waals surface area contributed by atoms with Crippen molar-refractivity contribution in [2.24, 2.45) is 10.2 Å². The number of ketones is 1. The summed E-state index contributed by atoms with van der Waals surface area (Å²) in [4.78, 5) is 17.0. The number of nitrogens with zero attached hydrogens (tertiary/aromatic N) is 2. The lowest BCUT2D eigenvalue weighted by atomic mass is 9.95. The zero-order valence-electron chi connectivity index (χ0n) is 21.0. The Labute approximate surface area is 219 Å². The second kappa shape index (κ2) is 9.48. The van der Waals surface area contributed by atoms with Crippen molar-refractivity contribution in [3.05, 3.63) is 108 Å². The van der Waals surface area contributed by atoms with E-state index in [1.165, 1.54) is 0 Å². The molecule has 0 saturated carbocycles. The van der Waals surface area contributed by atoms with Crippen LogP contribution >= 0.6 is 0 Å². The highest BCUT2D eigenvalue weighted by Crippen LogP contribution is 2.44. The fourth-order valence-corrected chi connectivity index (χ4v) is 4.95. The highest BCUT2D eigenvalue weighted by Gasteiger charge is 2.22. The summed E-state index contributed by atoms with van der Waals surface area (Å²) in [6, 6.07) is 28.7. The molecule has 1 aromatic heterocycles. The molecule has 1 heterocycles. The Morgan fingerprint density at radius 2 is 1.68 bits per heavy atom. The standard InChI is InChI=1S/C32H25N3O3/c1-19-16-23(38-2)14-12-20(19)18-28(36)26-17-21-13-15-25-24-10-6-7-11-27(24)33-30(25)29(21)31(32(26)37)35-34-22-8-4-3-5-9-22/h3-17,33,37H,18H2,1-2H3. The van der Waals surface area contributed by atoms with E-state index in [0.29, 0.717) is 11.1 Å². The Morgan fingerprint density at radius 1 is 0.895 bits per heavy atom. The molecule has 6 rings (SSSR count). The number of Topliss-reactive ketones (excluding diaryl/α,β-unsaturated/α-hetero) is 1. The van der Waals surface area contributed by atoms with Gasteiger partial charge in [0, 0.05) is 28.1 Å². The van der Waals surface area contributed by atoms with E-state index in [2.05, 4.69) is 21.3 Å². The maximum Gasteiger partial charge on any atom is 0.171 e. The number of aromatic amines is 1. The number of rotatable bonds is 6. The number of hydrogen-bond donors (Lipinski definition) is 2. The van der Waals surface area contributed by atoms with Crippen LogP contribution in [0.4, 0.5) is 11.4 Å². The molecule has 0 aliphatic carbocycles. The summed E-state index contributed by atoms with van der Waals surface area (Å²) in [7, 11) is 1.61. The minimum absolute atomic E-state index is 0.138. The average Bonchev–Trinajstić information content (AvgIpc) is 3.32. The molecule has 0 bridgehead atoms. The van der Waals surface area contributed by atoms with Crippen LogP contribution in [-0.4, -0.2) is 23.0 Å². The van der Waals surface area contributed by atoms with Crippen LogP contribution in [0, 0.1) is 6.92 Å². The Hall–Kier alpha value is -4.97. The van der Waals surface area contributed by atoms with Gasteiger partial charge in [-0.15, -0.1) is 5.11 Å². The van der Waals surface area contributed by atoms with Gasteiger partial charge in [0.1, 0.15) is 11.4 Å². The van der Waals surface area contributed by atoms with Gasteiger partial charge in [0.15, 0.2) is 11.5 Å². The predicted octanol–water partition coefficient (Wildman–Crippen LogP) is 8.34. The number of aryl methyl sites for hydroxylation is 1. The summed E-state index contributed by atoms with van der Waals surface area (Å²) in [5.74, 6) is 0.350. The van der Waals surface area contributed by atoms with E-state index < -0.39 is 0 Å². The number of methoxy groups -OCH3 is 1. The number of phenols is 1. The highest BCUT2D eigenvalue weighted by atomic mass is 16.5. The van der Waals surface area contributed by atoms with Crippen LogP contribution in [0.2, 0.25) is 0 Å². The molecule has 6 heteroatoms. The molecule has 0 saturated heterocycles. The topological polar surface area (TPSA) is 87.0 Å². The van der Waals surface area contributed by atoms with Gasteiger partial charge in [-0.05, 0) is 59.8 Å². The number of ether oxygens (including phenoxy) is 1. The van der Waals surface area contributed by atoms with Crippen molar-refractivity contribution in [2.45, 2.75) is 13.3 Å². The molecule has 2 N–H and O–H groups in total. The van der Waals surface area contributed by atoms with Gasteiger partial charge in [-0.25, -0.2) is 0 Å². The van der Waals surface area contributed by atoms with E-state index in [1.54, 1.807) is 13.2 Å². The molecule has 0 aliphatic heterocycles. The highest BCUT2D eigenvalue weighted by molar-refractivity contribution is 6.22. The molecule has 0 atom stereocenters.